The molecule has 0 saturated heterocycles. The van der Waals surface area contributed by atoms with Crippen LogP contribution < -0.4 is 9.80 Å². The Labute approximate surface area is 512 Å². The van der Waals surface area contributed by atoms with Gasteiger partial charge in [-0.1, -0.05) is 12.1 Å². The molecular weight excluding hydrogens is 1610 g/mol. The highest BCUT2D eigenvalue weighted by molar-refractivity contribution is 9.15. The SMILES string of the molecule is O=C1c2c(F)c(F)c(F)c(F)c2C(=O)C1c1ccc2c(N3C(=O)c4c(Br)c(Br)c(Br)c(Br)c4C3=O)c(Cc3ccc4nc(C5C(=O)c6c(F)c(F)c(F)c(F)c6C5=O)ccc4c3N3C(=O)c4c(Br)c(Br)c(Br)c(Br)c4C3=O)ccc2n1. The van der Waals surface area contributed by atoms with E-state index in [4.69, 9.17) is 0 Å². The van der Waals surface area contributed by atoms with Crippen LogP contribution in [-0.2, 0) is 6.42 Å². The number of ketones is 4. The highest BCUT2D eigenvalue weighted by Gasteiger charge is 2.50. The van der Waals surface area contributed by atoms with Crippen LogP contribution in [0.1, 0.15) is 117 Å². The van der Waals surface area contributed by atoms with Crippen molar-refractivity contribution in [2.75, 3.05) is 9.80 Å². The van der Waals surface area contributed by atoms with Gasteiger partial charge in [-0.15, -0.1) is 0 Å². The lowest BCUT2D eigenvalue weighted by molar-refractivity contribution is 0.0869. The predicted octanol–water partition coefficient (Wildman–Crippen LogP) is 15.5. The van der Waals surface area contributed by atoms with Gasteiger partial charge in [0.2, 0.25) is 0 Å². The number of carbonyl (C=O) groups is 8. The van der Waals surface area contributed by atoms with Crippen LogP contribution in [0.4, 0.5) is 46.5 Å². The van der Waals surface area contributed by atoms with Crippen LogP contribution in [0, 0.1) is 46.5 Å². The summed E-state index contributed by atoms with van der Waals surface area (Å²) in [5.74, 6) is -31.4. The third-order valence-corrected chi connectivity index (χ3v) is 23.6. The van der Waals surface area contributed by atoms with E-state index in [1.165, 1.54) is 36.4 Å². The van der Waals surface area contributed by atoms with E-state index in [1.807, 2.05) is 0 Å². The zero-order valence-electron chi connectivity index (χ0n) is 38.6. The second-order valence-electron chi connectivity index (χ2n) is 18.2. The van der Waals surface area contributed by atoms with Crippen molar-refractivity contribution < 1.29 is 73.5 Å². The predicted molar refractivity (Wildman–Crippen MR) is 298 cm³/mol. The highest BCUT2D eigenvalue weighted by atomic mass is 79.9. The minimum atomic E-state index is -2.33. The molecule has 0 bridgehead atoms. The maximum Gasteiger partial charge on any atom is 0.267 e. The van der Waals surface area contributed by atoms with E-state index >= 15 is 17.6 Å². The lowest BCUT2D eigenvalue weighted by Gasteiger charge is -2.24. The van der Waals surface area contributed by atoms with Crippen LogP contribution in [0.2, 0.25) is 0 Å². The minimum absolute atomic E-state index is 0.0579. The summed E-state index contributed by atoms with van der Waals surface area (Å²) in [7, 11) is 0. The number of nitrogens with zero attached hydrogens (tertiary/aromatic N) is 4. The van der Waals surface area contributed by atoms with Crippen LogP contribution in [0.15, 0.2) is 84.3 Å². The van der Waals surface area contributed by atoms with Crippen molar-refractivity contribution in [3.05, 3.63) is 198 Å². The summed E-state index contributed by atoms with van der Waals surface area (Å²) in [5.41, 5.74) is -7.48. The van der Waals surface area contributed by atoms with Crippen LogP contribution in [0.3, 0.4) is 0 Å². The molecule has 2 aromatic heterocycles. The average molecular weight is 1620 g/mol. The molecule has 0 radical (unpaired) electrons. The van der Waals surface area contributed by atoms with Crippen molar-refractivity contribution in [1.29, 1.82) is 0 Å². The van der Waals surface area contributed by atoms with E-state index in [1.54, 1.807) is 0 Å². The monoisotopic (exact) mass is 1620 g/mol. The molecule has 0 spiro atoms. The lowest BCUT2D eigenvalue weighted by Crippen LogP contribution is -2.32. The number of Topliss-reactive ketones (excluding diaryl/α,β-unsaturated/α-hetero) is 4. The van der Waals surface area contributed by atoms with Gasteiger partial charge in [-0.05, 0) is 175 Å². The summed E-state index contributed by atoms with van der Waals surface area (Å²) in [6.45, 7) is 0. The zero-order chi connectivity index (χ0) is 58.3. The molecule has 4 heterocycles. The summed E-state index contributed by atoms with van der Waals surface area (Å²) < 4.78 is 120. The van der Waals surface area contributed by atoms with Crippen molar-refractivity contribution in [3.63, 3.8) is 0 Å². The second kappa shape index (κ2) is 19.5. The average Bonchev–Trinajstić information content (AvgIpc) is 4.09. The minimum Gasteiger partial charge on any atom is -0.293 e. The fourth-order valence-electron chi connectivity index (χ4n) is 10.5. The number of pyridine rings is 2. The normalized spacial score (nSPS) is 15.3. The van der Waals surface area contributed by atoms with E-state index in [0.29, 0.717) is 17.9 Å². The number of rotatable bonds is 6. The van der Waals surface area contributed by atoms with Gasteiger partial charge in [0.25, 0.3) is 23.6 Å². The lowest BCUT2D eigenvalue weighted by atomic mass is 9.94. The molecule has 0 unspecified atom stereocenters. The Bertz CT molecular complexity index is 4110. The Morgan fingerprint density at radius 2 is 0.593 bits per heavy atom. The van der Waals surface area contributed by atoms with Crippen molar-refractivity contribution in [1.82, 2.24) is 9.97 Å². The van der Waals surface area contributed by atoms with Gasteiger partial charge in [-0.25, -0.2) is 44.9 Å². The number of halogens is 16. The van der Waals surface area contributed by atoms with Crippen LogP contribution >= 0.6 is 127 Å². The summed E-state index contributed by atoms with van der Waals surface area (Å²) in [6.07, 6.45) is -0.443. The molecule has 28 heteroatoms. The Kier molecular flexibility index (Phi) is 13.4. The third kappa shape index (κ3) is 7.60. The second-order valence-corrected chi connectivity index (χ2v) is 24.5. The van der Waals surface area contributed by atoms with Crippen LogP contribution in [0.25, 0.3) is 21.8 Å². The number of hydrogen-bond acceptors (Lipinski definition) is 10. The molecule has 404 valence electrons. The number of aromatic nitrogens is 2. The maximum absolute atomic E-state index is 15.1. The summed E-state index contributed by atoms with van der Waals surface area (Å²) in [4.78, 5) is 125. The molecule has 2 aliphatic carbocycles. The van der Waals surface area contributed by atoms with Crippen molar-refractivity contribution in [3.8, 4) is 0 Å². The van der Waals surface area contributed by atoms with Gasteiger partial charge in [0.05, 0.1) is 78.3 Å². The Balaban J connectivity index is 1.06. The number of imide groups is 2. The quantitative estimate of drug-likeness (QED) is 0.0513. The molecule has 0 atom stereocenters. The number of carbonyl (C=O) groups excluding carboxylic acids is 8. The fraction of sp³-hybridized carbons (Fsp3) is 0.0566. The van der Waals surface area contributed by atoms with Gasteiger partial charge < -0.3 is 0 Å². The molecule has 81 heavy (non-hydrogen) atoms. The standard InChI is InChI=1S/C53H12Br8F8N4O8/c54-28-20-21(29(55)33(59)32(28)58)51(79)72(50(20)78)44-10(1-5-14-12(44)3-7-16(70-14)18-46(74)24-25(47(18)75)37(63)41(67)40(66)36(24)62)9-11-2-6-15-13(45(11)73-52(80)22-23(53(73)81)31(57)35(61)34(60)30(22)56)4-8-17(71-15)19-48(76)26-27(49(19)77)39(65)43(69)42(68)38(26)64/h1-8,18-19H,9H2. The molecule has 4 amide bonds. The van der Waals surface area contributed by atoms with E-state index in [2.05, 4.69) is 137 Å². The van der Waals surface area contributed by atoms with Crippen molar-refractivity contribution in [2.24, 2.45) is 0 Å². The molecule has 0 N–H and O–H groups in total. The molecule has 8 aromatic rings. The highest BCUT2D eigenvalue weighted by Crippen LogP contribution is 2.51. The Morgan fingerprint density at radius 1 is 0.333 bits per heavy atom. The first-order chi connectivity index (χ1) is 38.2. The number of benzene rings is 6. The van der Waals surface area contributed by atoms with Crippen LogP contribution in [0.5, 0.6) is 0 Å². The third-order valence-electron chi connectivity index (χ3n) is 14.1. The number of anilines is 2. The Hall–Kier alpha value is -5.62. The molecule has 0 saturated carbocycles. The first kappa shape index (κ1) is 55.9. The van der Waals surface area contributed by atoms with E-state index < -0.39 is 145 Å². The molecule has 2 aliphatic heterocycles. The molecule has 6 aromatic carbocycles. The van der Waals surface area contributed by atoms with Crippen molar-refractivity contribution >= 4 is 207 Å². The number of amides is 4. The molecular formula is C53H12Br8F8N4O8. The molecule has 4 aliphatic rings. The van der Waals surface area contributed by atoms with E-state index in [-0.39, 0.29) is 84.5 Å². The van der Waals surface area contributed by atoms with Gasteiger partial charge in [-0.3, -0.25) is 48.3 Å². The van der Waals surface area contributed by atoms with Gasteiger partial charge in [0.1, 0.15) is 11.8 Å². The zero-order valence-corrected chi connectivity index (χ0v) is 51.3. The Morgan fingerprint density at radius 3 is 0.852 bits per heavy atom. The topological polar surface area (TPSA) is 169 Å². The van der Waals surface area contributed by atoms with Crippen molar-refractivity contribution in [2.45, 2.75) is 18.3 Å². The summed E-state index contributed by atoms with van der Waals surface area (Å²) in [5, 5.41) is -0.116. The molecule has 12 nitrogen and oxygen atoms in total. The number of hydrogen-bond donors (Lipinski definition) is 0. The smallest absolute Gasteiger partial charge is 0.267 e. The number of fused-ring (bicyclic) bond motifs is 6. The van der Waals surface area contributed by atoms with Gasteiger partial charge in [0.15, 0.2) is 69.7 Å². The summed E-state index contributed by atoms with van der Waals surface area (Å²) >= 11 is 27.2. The van der Waals surface area contributed by atoms with Gasteiger partial charge >= 0.3 is 0 Å². The largest absolute Gasteiger partial charge is 0.293 e. The summed E-state index contributed by atoms with van der Waals surface area (Å²) in [6, 6.07) is 9.88. The molecule has 0 fully saturated rings. The van der Waals surface area contributed by atoms with Gasteiger partial charge in [-0.2, -0.15) is 0 Å². The maximum atomic E-state index is 15.1. The molecule has 12 rings (SSSR count). The first-order valence-electron chi connectivity index (χ1n) is 22.5. The van der Waals surface area contributed by atoms with Crippen LogP contribution in [-0.4, -0.2) is 56.7 Å². The fourth-order valence-corrected chi connectivity index (χ4v) is 15.4. The van der Waals surface area contributed by atoms with Gasteiger partial charge in [0, 0.05) is 53.0 Å². The van der Waals surface area contributed by atoms with E-state index in [9.17, 15) is 55.9 Å². The van der Waals surface area contributed by atoms with E-state index in [0.717, 1.165) is 21.9 Å². The first-order valence-corrected chi connectivity index (χ1v) is 28.8.